The van der Waals surface area contributed by atoms with Crippen molar-refractivity contribution in [3.05, 3.63) is 78.4 Å². The minimum absolute atomic E-state index is 0.480. The quantitative estimate of drug-likeness (QED) is 0.334. The molecular weight excluding hydrogens is 438 g/mol. The van der Waals surface area contributed by atoms with Crippen LogP contribution in [0.15, 0.2) is 67.1 Å². The molecule has 0 amide bonds. The fraction of sp³-hybridized carbons (Fsp3) is 0.296. The van der Waals surface area contributed by atoms with Crippen molar-refractivity contribution in [2.45, 2.75) is 19.4 Å². The van der Waals surface area contributed by atoms with Crippen LogP contribution >= 0.6 is 0 Å². The van der Waals surface area contributed by atoms with Crippen molar-refractivity contribution in [1.29, 1.82) is 0 Å². The highest BCUT2D eigenvalue weighted by molar-refractivity contribution is 5.92. The highest BCUT2D eigenvalue weighted by atomic mass is 16.5. The number of nitrogen functional groups attached to an aromatic ring is 1. The molecule has 0 saturated carbocycles. The van der Waals surface area contributed by atoms with Crippen molar-refractivity contribution in [3.63, 3.8) is 0 Å². The summed E-state index contributed by atoms with van der Waals surface area (Å²) in [5.74, 6) is 0.480. The molecule has 0 bridgehead atoms. The molecule has 0 spiro atoms. The predicted molar refractivity (Wildman–Crippen MR) is 139 cm³/mol. The van der Waals surface area contributed by atoms with Crippen molar-refractivity contribution in [2.75, 3.05) is 39.6 Å². The Hall–Kier alpha value is -3.75. The molecule has 0 aliphatic carbocycles. The second-order valence-corrected chi connectivity index (χ2v) is 8.94. The Kier molecular flexibility index (Phi) is 6.74. The Morgan fingerprint density at radius 2 is 1.91 bits per heavy atom. The summed E-state index contributed by atoms with van der Waals surface area (Å²) < 4.78 is 9.10. The number of hydrogen-bond acceptors (Lipinski definition) is 6. The topological polar surface area (TPSA) is 86.5 Å². The van der Waals surface area contributed by atoms with Crippen LogP contribution in [0.3, 0.4) is 0 Å². The maximum absolute atomic E-state index is 6.33. The van der Waals surface area contributed by atoms with E-state index in [0.717, 1.165) is 72.3 Å². The monoisotopic (exact) mass is 469 g/mol. The van der Waals surface area contributed by atoms with E-state index in [0.29, 0.717) is 5.82 Å². The van der Waals surface area contributed by atoms with Crippen LogP contribution in [0, 0.1) is 0 Å². The summed E-state index contributed by atoms with van der Waals surface area (Å²) in [7, 11) is 3.85. The van der Waals surface area contributed by atoms with Gasteiger partial charge in [0.05, 0.1) is 18.7 Å². The first-order valence-corrected chi connectivity index (χ1v) is 11.9. The minimum atomic E-state index is 0.480. The van der Waals surface area contributed by atoms with E-state index >= 15 is 0 Å². The van der Waals surface area contributed by atoms with Crippen LogP contribution in [0.2, 0.25) is 0 Å². The molecule has 180 valence electrons. The number of fused-ring (bicyclic) bond motifs is 2. The van der Waals surface area contributed by atoms with Crippen molar-refractivity contribution >= 4 is 22.2 Å². The highest BCUT2D eigenvalue weighted by Crippen LogP contribution is 2.32. The second-order valence-electron chi connectivity index (χ2n) is 8.94. The van der Waals surface area contributed by atoms with Gasteiger partial charge in [0.2, 0.25) is 0 Å². The van der Waals surface area contributed by atoms with Crippen LogP contribution in [-0.2, 0) is 17.7 Å². The summed E-state index contributed by atoms with van der Waals surface area (Å²) in [6.07, 6.45) is 5.52. The number of methoxy groups -OCH3 is 1. The molecule has 0 saturated heterocycles. The first-order chi connectivity index (χ1) is 17.1. The third-order valence-electron chi connectivity index (χ3n) is 6.36. The molecule has 35 heavy (non-hydrogen) atoms. The van der Waals surface area contributed by atoms with Gasteiger partial charge in [-0.25, -0.2) is 9.50 Å². The van der Waals surface area contributed by atoms with E-state index in [2.05, 4.69) is 76.8 Å². The van der Waals surface area contributed by atoms with Gasteiger partial charge >= 0.3 is 0 Å². The van der Waals surface area contributed by atoms with Crippen LogP contribution in [0.25, 0.3) is 27.5 Å². The molecule has 5 rings (SSSR count). The van der Waals surface area contributed by atoms with Crippen molar-refractivity contribution in [1.82, 2.24) is 29.3 Å². The Balaban J connectivity index is 1.43. The molecule has 2 N–H and O–H groups in total. The van der Waals surface area contributed by atoms with Gasteiger partial charge in [-0.15, -0.1) is 0 Å². The lowest BCUT2D eigenvalue weighted by atomic mass is 10.0. The number of benzene rings is 2. The average molecular weight is 470 g/mol. The second kappa shape index (κ2) is 10.2. The Morgan fingerprint density at radius 1 is 1.06 bits per heavy atom. The van der Waals surface area contributed by atoms with Gasteiger partial charge in [0, 0.05) is 36.5 Å². The summed E-state index contributed by atoms with van der Waals surface area (Å²) in [6, 6.07) is 18.9. The number of ether oxygens (including phenoxy) is 1. The Morgan fingerprint density at radius 3 is 2.74 bits per heavy atom. The standard InChI is InChI=1S/C27H31N7O/c1-32(13-14-35-2)12-6-9-23-16-24(26-27(28)29-19-30-34(23)26)21-10-11-22-18-33(31-25(22)15-21)17-20-7-4-3-5-8-20/h3-5,7-8,10-11,15-16,18-19H,6,9,12-14,17H2,1-2H3,(H2,28,29,30). The van der Waals surface area contributed by atoms with Gasteiger partial charge in [0.15, 0.2) is 5.82 Å². The van der Waals surface area contributed by atoms with Crippen LogP contribution < -0.4 is 5.73 Å². The molecule has 0 atom stereocenters. The van der Waals surface area contributed by atoms with Gasteiger partial charge in [-0.3, -0.25) is 4.68 Å². The zero-order valence-electron chi connectivity index (χ0n) is 20.3. The van der Waals surface area contributed by atoms with Crippen LogP contribution in [0.1, 0.15) is 17.7 Å². The smallest absolute Gasteiger partial charge is 0.151 e. The molecule has 8 nitrogen and oxygen atoms in total. The first-order valence-electron chi connectivity index (χ1n) is 11.9. The normalized spacial score (nSPS) is 11.7. The van der Waals surface area contributed by atoms with E-state index < -0.39 is 0 Å². The van der Waals surface area contributed by atoms with E-state index in [1.54, 1.807) is 7.11 Å². The number of likely N-dealkylation sites (N-methyl/N-ethyl adjacent to an activating group) is 1. The number of nitrogens with zero attached hydrogens (tertiary/aromatic N) is 6. The molecule has 0 aliphatic rings. The number of rotatable bonds is 10. The predicted octanol–water partition coefficient (Wildman–Crippen LogP) is 3.89. The third-order valence-corrected chi connectivity index (χ3v) is 6.36. The molecule has 0 fully saturated rings. The van der Waals surface area contributed by atoms with E-state index in [9.17, 15) is 0 Å². The fourth-order valence-corrected chi connectivity index (χ4v) is 4.51. The minimum Gasteiger partial charge on any atom is -0.383 e. The Bertz CT molecular complexity index is 1420. The summed E-state index contributed by atoms with van der Waals surface area (Å²) in [5, 5.41) is 10.5. The van der Waals surface area contributed by atoms with Crippen LogP contribution in [-0.4, -0.2) is 63.1 Å². The Labute approximate surface area is 204 Å². The van der Waals surface area contributed by atoms with Crippen molar-refractivity contribution < 1.29 is 4.74 Å². The summed E-state index contributed by atoms with van der Waals surface area (Å²) in [4.78, 5) is 6.55. The van der Waals surface area contributed by atoms with Gasteiger partial charge in [-0.05, 0) is 49.7 Å². The van der Waals surface area contributed by atoms with Crippen LogP contribution in [0.4, 0.5) is 5.82 Å². The number of aryl methyl sites for hydroxylation is 1. The molecule has 0 radical (unpaired) electrons. The highest BCUT2D eigenvalue weighted by Gasteiger charge is 2.16. The summed E-state index contributed by atoms with van der Waals surface area (Å²) >= 11 is 0. The van der Waals surface area contributed by atoms with E-state index in [4.69, 9.17) is 15.6 Å². The SMILES string of the molecule is COCCN(C)CCCc1cc(-c2ccc3cn(Cc4ccccc4)nc3c2)c2c(N)ncnn12. The molecule has 3 heterocycles. The fourth-order valence-electron chi connectivity index (χ4n) is 4.51. The van der Waals surface area contributed by atoms with E-state index in [1.165, 1.54) is 11.9 Å². The largest absolute Gasteiger partial charge is 0.383 e. The summed E-state index contributed by atoms with van der Waals surface area (Å²) in [5.41, 5.74) is 12.6. The van der Waals surface area contributed by atoms with Gasteiger partial charge < -0.3 is 15.4 Å². The number of aromatic nitrogens is 5. The van der Waals surface area contributed by atoms with Gasteiger partial charge in [0.1, 0.15) is 11.8 Å². The summed E-state index contributed by atoms with van der Waals surface area (Å²) in [6.45, 7) is 3.38. The van der Waals surface area contributed by atoms with E-state index in [1.807, 2.05) is 15.3 Å². The molecule has 3 aromatic heterocycles. The van der Waals surface area contributed by atoms with Crippen molar-refractivity contribution in [2.24, 2.45) is 0 Å². The molecular formula is C27H31N7O. The van der Waals surface area contributed by atoms with Crippen LogP contribution in [0.5, 0.6) is 0 Å². The molecule has 0 unspecified atom stereocenters. The van der Waals surface area contributed by atoms with Crippen molar-refractivity contribution in [3.8, 4) is 11.1 Å². The average Bonchev–Trinajstić information content (AvgIpc) is 3.44. The number of hydrogen-bond donors (Lipinski definition) is 1. The third kappa shape index (κ3) is 5.03. The maximum Gasteiger partial charge on any atom is 0.151 e. The van der Waals surface area contributed by atoms with Gasteiger partial charge in [-0.2, -0.15) is 10.2 Å². The first kappa shape index (κ1) is 23.0. The lowest BCUT2D eigenvalue weighted by molar-refractivity contribution is 0.160. The zero-order chi connectivity index (χ0) is 24.2. The number of nitrogens with two attached hydrogens (primary N) is 1. The molecule has 2 aromatic carbocycles. The lowest BCUT2D eigenvalue weighted by Crippen LogP contribution is -2.24. The molecule has 5 aromatic rings. The number of anilines is 1. The van der Waals surface area contributed by atoms with E-state index in [-0.39, 0.29) is 0 Å². The van der Waals surface area contributed by atoms with Gasteiger partial charge in [0.25, 0.3) is 0 Å². The maximum atomic E-state index is 6.33. The lowest BCUT2D eigenvalue weighted by Gasteiger charge is -2.15. The zero-order valence-corrected chi connectivity index (χ0v) is 20.3. The molecule has 0 aliphatic heterocycles. The van der Waals surface area contributed by atoms with Gasteiger partial charge in [-0.1, -0.05) is 42.5 Å². The molecule has 8 heteroatoms.